The van der Waals surface area contributed by atoms with Crippen LogP contribution in [0, 0.1) is 11.6 Å². The maximum Gasteiger partial charge on any atom is 0.337 e. The summed E-state index contributed by atoms with van der Waals surface area (Å²) < 4.78 is 53.3. The summed E-state index contributed by atoms with van der Waals surface area (Å²) in [7, 11) is 1.31. The predicted molar refractivity (Wildman–Crippen MR) is 151 cm³/mol. The number of rotatable bonds is 9. The number of halogens is 3. The average Bonchev–Trinajstić information content (AvgIpc) is 3.31. The minimum atomic E-state index is -0.627. The summed E-state index contributed by atoms with van der Waals surface area (Å²) in [6.45, 7) is 1.04. The number of esters is 1. The summed E-state index contributed by atoms with van der Waals surface area (Å²) in [5.41, 5.74) is 2.85. The van der Waals surface area contributed by atoms with Gasteiger partial charge in [-0.15, -0.1) is 0 Å². The van der Waals surface area contributed by atoms with E-state index < -0.39 is 17.6 Å². The van der Waals surface area contributed by atoms with Crippen LogP contribution in [-0.4, -0.2) is 40.3 Å². The molecule has 0 amide bonds. The fourth-order valence-electron chi connectivity index (χ4n) is 4.52. The van der Waals surface area contributed by atoms with Crippen LogP contribution in [0.2, 0.25) is 5.02 Å². The highest BCUT2D eigenvalue weighted by Crippen LogP contribution is 2.32. The largest absolute Gasteiger partial charge is 0.473 e. The van der Waals surface area contributed by atoms with Crippen LogP contribution in [-0.2, 0) is 22.6 Å². The van der Waals surface area contributed by atoms with Crippen LogP contribution in [0.1, 0.15) is 22.3 Å². The molecule has 1 aliphatic rings. The first kappa shape index (κ1) is 27.6. The number of benzene rings is 3. The Morgan fingerprint density at radius 1 is 1.05 bits per heavy atom. The first-order valence-corrected chi connectivity index (χ1v) is 13.5. The molecule has 1 atom stereocenters. The van der Waals surface area contributed by atoms with Gasteiger partial charge < -0.3 is 18.9 Å². The molecule has 0 radical (unpaired) electrons. The van der Waals surface area contributed by atoms with Crippen molar-refractivity contribution in [2.75, 3.05) is 13.7 Å². The Balaban J connectivity index is 1.24. The minimum absolute atomic E-state index is 0.0383. The van der Waals surface area contributed by atoms with Gasteiger partial charge in [-0.25, -0.2) is 18.6 Å². The summed E-state index contributed by atoms with van der Waals surface area (Å²) in [6, 6.07) is 19.0. The molecule has 2 aromatic heterocycles. The van der Waals surface area contributed by atoms with Gasteiger partial charge in [-0.3, -0.25) is 4.57 Å². The van der Waals surface area contributed by atoms with Crippen LogP contribution in [0.15, 0.2) is 72.8 Å². The highest BCUT2D eigenvalue weighted by atomic mass is 35.5. The molecule has 11 heteroatoms. The van der Waals surface area contributed by atoms with Crippen LogP contribution < -0.4 is 9.47 Å². The maximum absolute atomic E-state index is 15.4. The van der Waals surface area contributed by atoms with Crippen LogP contribution >= 0.6 is 11.6 Å². The number of hydrogen-bond donors (Lipinski definition) is 0. The van der Waals surface area contributed by atoms with E-state index in [9.17, 15) is 9.18 Å². The average molecular weight is 592 g/mol. The molecule has 214 valence electrons. The molecule has 0 N–H and O–H groups in total. The van der Waals surface area contributed by atoms with E-state index in [2.05, 4.69) is 9.97 Å². The molecule has 6 rings (SSSR count). The lowest BCUT2D eigenvalue weighted by molar-refractivity contribution is -0.0593. The second-order valence-corrected chi connectivity index (χ2v) is 10.1. The Morgan fingerprint density at radius 3 is 2.64 bits per heavy atom. The summed E-state index contributed by atoms with van der Waals surface area (Å²) in [4.78, 5) is 21.1. The first-order chi connectivity index (χ1) is 20.4. The summed E-state index contributed by atoms with van der Waals surface area (Å²) >= 11 is 5.81. The number of methoxy groups -OCH3 is 1. The number of ether oxygens (including phenoxy) is 4. The monoisotopic (exact) mass is 591 g/mol. The normalized spacial score (nSPS) is 14.4. The molecule has 3 heterocycles. The number of nitrogens with zero attached hydrogens (tertiary/aromatic N) is 3. The highest BCUT2D eigenvalue weighted by molar-refractivity contribution is 6.30. The summed E-state index contributed by atoms with van der Waals surface area (Å²) in [6.07, 6.45) is 0.819. The number of imidazole rings is 1. The van der Waals surface area contributed by atoms with Gasteiger partial charge in [-0.2, -0.15) is 4.98 Å². The molecule has 0 unspecified atom stereocenters. The lowest BCUT2D eigenvalue weighted by Crippen LogP contribution is -2.31. The molecule has 0 bridgehead atoms. The minimum Gasteiger partial charge on any atom is -0.473 e. The molecule has 42 heavy (non-hydrogen) atoms. The number of fused-ring (bicyclic) bond motifs is 1. The summed E-state index contributed by atoms with van der Waals surface area (Å²) in [5.74, 6) is -1.37. The molecule has 1 saturated heterocycles. The molecule has 5 aromatic rings. The van der Waals surface area contributed by atoms with Crippen LogP contribution in [0.25, 0.3) is 22.3 Å². The third-order valence-electron chi connectivity index (χ3n) is 6.86. The van der Waals surface area contributed by atoms with Crippen LogP contribution in [0.3, 0.4) is 0 Å². The van der Waals surface area contributed by atoms with E-state index in [1.807, 2.05) is 0 Å². The van der Waals surface area contributed by atoms with E-state index in [0.29, 0.717) is 51.6 Å². The lowest BCUT2D eigenvalue weighted by atomic mass is 10.1. The number of pyridine rings is 1. The zero-order chi connectivity index (χ0) is 29.2. The fourth-order valence-corrected chi connectivity index (χ4v) is 4.68. The van der Waals surface area contributed by atoms with E-state index in [4.69, 9.17) is 30.5 Å². The zero-order valence-corrected chi connectivity index (χ0v) is 23.1. The van der Waals surface area contributed by atoms with Gasteiger partial charge in [0.15, 0.2) is 11.6 Å². The molecule has 0 saturated carbocycles. The third kappa shape index (κ3) is 5.77. The van der Waals surface area contributed by atoms with E-state index in [0.717, 1.165) is 6.42 Å². The van der Waals surface area contributed by atoms with Gasteiger partial charge in [0.05, 0.1) is 42.0 Å². The summed E-state index contributed by atoms with van der Waals surface area (Å²) in [5, 5.41) is 0.295. The SMILES string of the molecule is COC(=O)c1ccc2nc(Oc3ccc(-c4cccc(OCc5ccc(Cl)cc5F)n4)cc3F)n(C[C@@H]3CCO3)c2c1. The van der Waals surface area contributed by atoms with Gasteiger partial charge >= 0.3 is 12.0 Å². The van der Waals surface area contributed by atoms with Gasteiger partial charge in [0, 0.05) is 28.8 Å². The Bertz CT molecular complexity index is 1790. The van der Waals surface area contributed by atoms with Gasteiger partial charge in [0.1, 0.15) is 12.4 Å². The van der Waals surface area contributed by atoms with Crippen LogP contribution in [0.5, 0.6) is 17.6 Å². The van der Waals surface area contributed by atoms with E-state index in [-0.39, 0.29) is 30.4 Å². The molecule has 1 fully saturated rings. The van der Waals surface area contributed by atoms with Gasteiger partial charge in [-0.1, -0.05) is 23.7 Å². The van der Waals surface area contributed by atoms with Crippen molar-refractivity contribution < 1.29 is 32.5 Å². The predicted octanol–water partition coefficient (Wildman–Crippen LogP) is 6.98. The number of carbonyl (C=O) groups is 1. The van der Waals surface area contributed by atoms with E-state index in [1.165, 1.54) is 25.3 Å². The maximum atomic E-state index is 15.4. The smallest absolute Gasteiger partial charge is 0.337 e. The Morgan fingerprint density at radius 2 is 1.90 bits per heavy atom. The van der Waals surface area contributed by atoms with Crippen LogP contribution in [0.4, 0.5) is 8.78 Å². The second-order valence-electron chi connectivity index (χ2n) is 9.61. The zero-order valence-electron chi connectivity index (χ0n) is 22.4. The molecule has 8 nitrogen and oxygen atoms in total. The van der Waals surface area contributed by atoms with Crippen molar-refractivity contribution in [2.24, 2.45) is 0 Å². The number of carbonyl (C=O) groups excluding carboxylic acids is 1. The van der Waals surface area contributed by atoms with Crippen molar-refractivity contribution in [1.29, 1.82) is 0 Å². The first-order valence-electron chi connectivity index (χ1n) is 13.1. The third-order valence-corrected chi connectivity index (χ3v) is 7.09. The standard InChI is InChI=1S/C31H24ClF2N3O5/c1-39-30(38)19-6-9-26-27(14-19)37(16-22-11-12-40-22)31(36-26)42-28-10-7-18(13-24(28)34)25-3-2-4-29(35-25)41-17-20-5-8-21(32)15-23(20)33/h2-10,13-15,22H,11-12,16-17H2,1H3/t22-/m0/s1. The van der Waals surface area contributed by atoms with E-state index >= 15 is 4.39 Å². The van der Waals surface area contributed by atoms with Gasteiger partial charge in [-0.05, 0) is 61.0 Å². The molecule has 0 aliphatic carbocycles. The topological polar surface area (TPSA) is 84.7 Å². The quantitative estimate of drug-likeness (QED) is 0.171. The van der Waals surface area contributed by atoms with Crippen molar-refractivity contribution in [2.45, 2.75) is 25.7 Å². The van der Waals surface area contributed by atoms with Crippen molar-refractivity contribution >= 4 is 28.6 Å². The lowest BCUT2D eigenvalue weighted by Gasteiger charge is -2.27. The molecular formula is C31H24ClF2N3O5. The van der Waals surface area contributed by atoms with Crippen molar-refractivity contribution in [3.05, 3.63) is 101 Å². The highest BCUT2D eigenvalue weighted by Gasteiger charge is 2.24. The van der Waals surface area contributed by atoms with Gasteiger partial charge in [0.25, 0.3) is 0 Å². The van der Waals surface area contributed by atoms with Crippen molar-refractivity contribution in [3.8, 4) is 28.9 Å². The van der Waals surface area contributed by atoms with E-state index in [1.54, 1.807) is 59.2 Å². The molecule has 0 spiro atoms. The second kappa shape index (κ2) is 11.8. The van der Waals surface area contributed by atoms with Crippen molar-refractivity contribution in [3.63, 3.8) is 0 Å². The molecule has 3 aromatic carbocycles. The Kier molecular flexibility index (Phi) is 7.73. The number of hydrogen-bond acceptors (Lipinski definition) is 7. The van der Waals surface area contributed by atoms with Crippen molar-refractivity contribution in [1.82, 2.24) is 14.5 Å². The Hall–Kier alpha value is -4.54. The van der Waals surface area contributed by atoms with Gasteiger partial charge in [0.2, 0.25) is 5.88 Å². The Labute approximate surface area is 244 Å². The fraction of sp³-hybridized carbons (Fsp3) is 0.194. The number of aromatic nitrogens is 3. The molecule has 1 aliphatic heterocycles. The molecular weight excluding hydrogens is 568 g/mol.